The van der Waals surface area contributed by atoms with Crippen molar-refractivity contribution in [1.29, 1.82) is 0 Å². The van der Waals surface area contributed by atoms with Gasteiger partial charge in [-0.1, -0.05) is 0 Å². The quantitative estimate of drug-likeness (QED) is 0.584. The van der Waals surface area contributed by atoms with Gasteiger partial charge in [0.15, 0.2) is 0 Å². The third kappa shape index (κ3) is 1.55. The average molecular weight is 146 g/mol. The van der Waals surface area contributed by atoms with Crippen molar-refractivity contribution < 1.29 is 9.18 Å². The maximum absolute atomic E-state index is 13.2. The predicted molar refractivity (Wildman–Crippen MR) is 39.6 cm³/mol. The van der Waals surface area contributed by atoms with Gasteiger partial charge in [-0.05, 0) is 34.6 Å². The summed E-state index contributed by atoms with van der Waals surface area (Å²) in [6.45, 7) is 7.51. The van der Waals surface area contributed by atoms with Crippen molar-refractivity contribution in [2.24, 2.45) is 5.41 Å². The lowest BCUT2D eigenvalue weighted by atomic mass is 9.76. The molecule has 0 aromatic carbocycles. The largest absolute Gasteiger partial charge is 0.299 e. The SMILES string of the molecule is CC(=O)C(C)(C)C(C)(C)F. The molecule has 0 aliphatic heterocycles. The molecule has 0 unspecified atom stereocenters. The number of rotatable bonds is 2. The predicted octanol–water partition coefficient (Wildman–Crippen LogP) is 2.35. The zero-order valence-corrected chi connectivity index (χ0v) is 7.29. The van der Waals surface area contributed by atoms with E-state index in [4.69, 9.17) is 0 Å². The Hall–Kier alpha value is -0.400. The summed E-state index contributed by atoms with van der Waals surface area (Å²) < 4.78 is 13.2. The van der Waals surface area contributed by atoms with E-state index in [9.17, 15) is 9.18 Å². The molecule has 0 aliphatic carbocycles. The Bertz CT molecular complexity index is 142. The Morgan fingerprint density at radius 3 is 1.50 bits per heavy atom. The van der Waals surface area contributed by atoms with Crippen LogP contribution in [0.25, 0.3) is 0 Å². The van der Waals surface area contributed by atoms with Gasteiger partial charge in [0.1, 0.15) is 11.5 Å². The molecular formula is C8H15FO. The fraction of sp³-hybridized carbons (Fsp3) is 0.875. The maximum Gasteiger partial charge on any atom is 0.138 e. The van der Waals surface area contributed by atoms with Crippen molar-refractivity contribution in [2.45, 2.75) is 40.3 Å². The Labute approximate surface area is 61.6 Å². The summed E-state index contributed by atoms with van der Waals surface area (Å²) in [7, 11) is 0. The summed E-state index contributed by atoms with van der Waals surface area (Å²) in [6, 6.07) is 0. The van der Waals surface area contributed by atoms with E-state index in [2.05, 4.69) is 0 Å². The van der Waals surface area contributed by atoms with Gasteiger partial charge in [-0.25, -0.2) is 4.39 Å². The molecule has 60 valence electrons. The summed E-state index contributed by atoms with van der Waals surface area (Å²) >= 11 is 0. The molecule has 0 N–H and O–H groups in total. The van der Waals surface area contributed by atoms with Crippen molar-refractivity contribution in [1.82, 2.24) is 0 Å². The molecule has 0 aromatic rings. The van der Waals surface area contributed by atoms with Crippen LogP contribution in [0.1, 0.15) is 34.6 Å². The lowest BCUT2D eigenvalue weighted by Crippen LogP contribution is -2.40. The number of hydrogen-bond donors (Lipinski definition) is 0. The molecule has 0 fully saturated rings. The zero-order valence-electron chi connectivity index (χ0n) is 7.29. The van der Waals surface area contributed by atoms with Crippen LogP contribution >= 0.6 is 0 Å². The normalized spacial score (nSPS) is 13.4. The molecule has 0 saturated heterocycles. The van der Waals surface area contributed by atoms with Gasteiger partial charge in [0.25, 0.3) is 0 Å². The molecule has 0 amide bonds. The average Bonchev–Trinajstić information content (AvgIpc) is 1.62. The van der Waals surface area contributed by atoms with Gasteiger partial charge in [-0.15, -0.1) is 0 Å². The summed E-state index contributed by atoms with van der Waals surface area (Å²) in [5.41, 5.74) is -2.30. The molecule has 0 aromatic heterocycles. The summed E-state index contributed by atoms with van der Waals surface area (Å²) in [6.07, 6.45) is 0. The first-order valence-corrected chi connectivity index (χ1v) is 3.39. The van der Waals surface area contributed by atoms with Gasteiger partial charge < -0.3 is 0 Å². The fourth-order valence-corrected chi connectivity index (χ4v) is 0.419. The Morgan fingerprint density at radius 2 is 1.50 bits per heavy atom. The molecule has 0 rings (SSSR count). The van der Waals surface area contributed by atoms with Gasteiger partial charge in [-0.2, -0.15) is 0 Å². The first kappa shape index (κ1) is 9.60. The summed E-state index contributed by atoms with van der Waals surface area (Å²) in [4.78, 5) is 10.9. The van der Waals surface area contributed by atoms with Crippen molar-refractivity contribution in [3.63, 3.8) is 0 Å². The first-order valence-electron chi connectivity index (χ1n) is 3.39. The second kappa shape index (κ2) is 2.33. The maximum atomic E-state index is 13.2. The standard InChI is InChI=1S/C8H15FO/c1-6(10)7(2,3)8(4,5)9/h1-5H3. The van der Waals surface area contributed by atoms with E-state index in [1.54, 1.807) is 13.8 Å². The third-order valence-electron chi connectivity index (χ3n) is 2.37. The summed E-state index contributed by atoms with van der Waals surface area (Å²) in [5.74, 6) is -0.111. The molecule has 0 saturated carbocycles. The molecule has 2 heteroatoms. The fourth-order valence-electron chi connectivity index (χ4n) is 0.419. The van der Waals surface area contributed by atoms with Crippen molar-refractivity contribution in [3.05, 3.63) is 0 Å². The highest BCUT2D eigenvalue weighted by Crippen LogP contribution is 2.34. The van der Waals surface area contributed by atoms with Gasteiger partial charge in [0.2, 0.25) is 0 Å². The lowest BCUT2D eigenvalue weighted by molar-refractivity contribution is -0.131. The van der Waals surface area contributed by atoms with E-state index >= 15 is 0 Å². The van der Waals surface area contributed by atoms with E-state index in [0.29, 0.717) is 0 Å². The number of carbonyl (C=O) groups is 1. The van der Waals surface area contributed by atoms with E-state index < -0.39 is 11.1 Å². The second-order valence-electron chi connectivity index (χ2n) is 3.65. The van der Waals surface area contributed by atoms with Crippen LogP contribution in [-0.2, 0) is 4.79 Å². The van der Waals surface area contributed by atoms with Crippen molar-refractivity contribution in [2.75, 3.05) is 0 Å². The van der Waals surface area contributed by atoms with E-state index in [0.717, 1.165) is 0 Å². The van der Waals surface area contributed by atoms with Crippen LogP contribution in [0.15, 0.2) is 0 Å². The molecule has 1 nitrogen and oxygen atoms in total. The first-order chi connectivity index (χ1) is 4.19. The van der Waals surface area contributed by atoms with Crippen LogP contribution in [0, 0.1) is 5.41 Å². The molecule has 0 heterocycles. The highest BCUT2D eigenvalue weighted by Gasteiger charge is 2.40. The molecule has 10 heavy (non-hydrogen) atoms. The third-order valence-corrected chi connectivity index (χ3v) is 2.37. The highest BCUT2D eigenvalue weighted by molar-refractivity contribution is 5.82. The van der Waals surface area contributed by atoms with Crippen molar-refractivity contribution >= 4 is 5.78 Å². The van der Waals surface area contributed by atoms with E-state index in [1.807, 2.05) is 0 Å². The number of carbonyl (C=O) groups excluding carboxylic acids is 1. The lowest BCUT2D eigenvalue weighted by Gasteiger charge is -2.32. The second-order valence-corrected chi connectivity index (χ2v) is 3.65. The molecule has 0 atom stereocenters. The minimum absolute atomic E-state index is 0.111. The Morgan fingerprint density at radius 1 is 1.20 bits per heavy atom. The van der Waals surface area contributed by atoms with Gasteiger partial charge >= 0.3 is 0 Å². The smallest absolute Gasteiger partial charge is 0.138 e. The molecule has 0 bridgehead atoms. The minimum atomic E-state index is -1.43. The van der Waals surface area contributed by atoms with Crippen molar-refractivity contribution in [3.8, 4) is 0 Å². The minimum Gasteiger partial charge on any atom is -0.299 e. The van der Waals surface area contributed by atoms with Crippen LogP contribution < -0.4 is 0 Å². The van der Waals surface area contributed by atoms with E-state index in [-0.39, 0.29) is 5.78 Å². The van der Waals surface area contributed by atoms with Crippen LogP contribution in [0.3, 0.4) is 0 Å². The Balaban J connectivity index is 4.57. The molecule has 0 radical (unpaired) electrons. The van der Waals surface area contributed by atoms with Crippen LogP contribution in [0.5, 0.6) is 0 Å². The van der Waals surface area contributed by atoms with Crippen LogP contribution in [0.2, 0.25) is 0 Å². The topological polar surface area (TPSA) is 17.1 Å². The molecule has 0 aliphatic rings. The molecule has 0 spiro atoms. The molecular weight excluding hydrogens is 131 g/mol. The number of Topliss-reactive ketones (excluding diaryl/α,β-unsaturated/α-hetero) is 1. The van der Waals surface area contributed by atoms with Gasteiger partial charge in [0, 0.05) is 0 Å². The van der Waals surface area contributed by atoms with Crippen LogP contribution in [0.4, 0.5) is 4.39 Å². The Kier molecular flexibility index (Phi) is 2.24. The number of alkyl halides is 1. The van der Waals surface area contributed by atoms with Gasteiger partial charge in [-0.3, -0.25) is 4.79 Å². The number of ketones is 1. The summed E-state index contributed by atoms with van der Waals surface area (Å²) in [5, 5.41) is 0. The monoisotopic (exact) mass is 146 g/mol. The number of halogens is 1. The zero-order chi connectivity index (χ0) is 8.58. The van der Waals surface area contributed by atoms with Gasteiger partial charge in [0.05, 0.1) is 5.41 Å². The van der Waals surface area contributed by atoms with Crippen LogP contribution in [-0.4, -0.2) is 11.5 Å². The number of hydrogen-bond acceptors (Lipinski definition) is 1. The van der Waals surface area contributed by atoms with E-state index in [1.165, 1.54) is 20.8 Å². The highest BCUT2D eigenvalue weighted by atomic mass is 19.1.